The average molecular weight is 513 g/mol. The van der Waals surface area contributed by atoms with Crippen molar-refractivity contribution >= 4 is 38.7 Å². The van der Waals surface area contributed by atoms with Gasteiger partial charge in [-0.1, -0.05) is 29.3 Å². The SMILES string of the molecule is N#C/C(=C\Nc1ccc(Oc2cccc(C(F)(F)F)c2)cc1)S(=O)(=O)c1ccc(Cl)cc1Cl. The van der Waals surface area contributed by atoms with Gasteiger partial charge in [0.25, 0.3) is 0 Å². The molecule has 33 heavy (non-hydrogen) atoms. The Morgan fingerprint density at radius 1 is 1.00 bits per heavy atom. The summed E-state index contributed by atoms with van der Waals surface area (Å²) in [5.74, 6) is 0.257. The molecule has 3 rings (SSSR count). The van der Waals surface area contributed by atoms with Crippen LogP contribution in [0.2, 0.25) is 10.0 Å². The number of anilines is 1. The second-order valence-electron chi connectivity index (χ2n) is 6.49. The van der Waals surface area contributed by atoms with Crippen LogP contribution in [0.15, 0.2) is 82.7 Å². The van der Waals surface area contributed by atoms with Crippen LogP contribution in [-0.2, 0) is 16.0 Å². The second-order valence-corrected chi connectivity index (χ2v) is 9.23. The van der Waals surface area contributed by atoms with E-state index in [0.29, 0.717) is 5.69 Å². The Hall–Kier alpha value is -3.19. The number of ether oxygens (including phenoxy) is 1. The number of sulfone groups is 1. The quantitative estimate of drug-likeness (QED) is 0.357. The van der Waals surface area contributed by atoms with Crippen LogP contribution in [0.4, 0.5) is 18.9 Å². The van der Waals surface area contributed by atoms with Crippen LogP contribution < -0.4 is 10.1 Å². The van der Waals surface area contributed by atoms with E-state index < -0.39 is 26.5 Å². The maximum atomic E-state index is 12.8. The third-order valence-corrected chi connectivity index (χ3v) is 6.59. The highest BCUT2D eigenvalue weighted by atomic mass is 35.5. The summed E-state index contributed by atoms with van der Waals surface area (Å²) in [6.45, 7) is 0. The van der Waals surface area contributed by atoms with Crippen molar-refractivity contribution in [3.8, 4) is 17.6 Å². The minimum Gasteiger partial charge on any atom is -0.457 e. The van der Waals surface area contributed by atoms with Gasteiger partial charge >= 0.3 is 6.18 Å². The minimum absolute atomic E-state index is 0.00290. The van der Waals surface area contributed by atoms with Gasteiger partial charge in [0, 0.05) is 16.9 Å². The van der Waals surface area contributed by atoms with Crippen molar-refractivity contribution < 1.29 is 26.3 Å². The first kappa shape index (κ1) is 24.5. The van der Waals surface area contributed by atoms with Crippen molar-refractivity contribution in [2.24, 2.45) is 0 Å². The molecule has 0 unspecified atom stereocenters. The van der Waals surface area contributed by atoms with Gasteiger partial charge in [-0.2, -0.15) is 18.4 Å². The van der Waals surface area contributed by atoms with E-state index >= 15 is 0 Å². The zero-order valence-electron chi connectivity index (χ0n) is 16.4. The van der Waals surface area contributed by atoms with Crippen molar-refractivity contribution in [3.63, 3.8) is 0 Å². The number of nitrogens with one attached hydrogen (secondary N) is 1. The summed E-state index contributed by atoms with van der Waals surface area (Å²) in [6.07, 6.45) is -3.49. The molecule has 0 aliphatic rings. The van der Waals surface area contributed by atoms with E-state index in [1.165, 1.54) is 54.6 Å². The fourth-order valence-electron chi connectivity index (χ4n) is 2.62. The fraction of sp³-hybridized carbons (Fsp3) is 0.0455. The highest BCUT2D eigenvalue weighted by Gasteiger charge is 2.30. The Labute approximate surface area is 197 Å². The largest absolute Gasteiger partial charge is 0.457 e. The van der Waals surface area contributed by atoms with Crippen molar-refractivity contribution in [1.82, 2.24) is 0 Å². The first-order valence-corrected chi connectivity index (χ1v) is 11.3. The normalized spacial score (nSPS) is 12.2. The van der Waals surface area contributed by atoms with Crippen LogP contribution in [0.3, 0.4) is 0 Å². The third-order valence-electron chi connectivity index (χ3n) is 4.20. The van der Waals surface area contributed by atoms with Crippen molar-refractivity contribution in [1.29, 1.82) is 5.26 Å². The highest BCUT2D eigenvalue weighted by molar-refractivity contribution is 7.95. The molecule has 0 bridgehead atoms. The molecule has 11 heteroatoms. The molecule has 0 aromatic heterocycles. The van der Waals surface area contributed by atoms with Crippen LogP contribution in [0.1, 0.15) is 5.56 Å². The van der Waals surface area contributed by atoms with Gasteiger partial charge in [-0.25, -0.2) is 8.42 Å². The summed E-state index contributed by atoms with van der Waals surface area (Å²) < 4.78 is 69.3. The molecule has 0 aliphatic heterocycles. The number of nitrogens with zero attached hydrogens (tertiary/aromatic N) is 1. The number of hydrogen-bond donors (Lipinski definition) is 1. The molecule has 3 aromatic rings. The Morgan fingerprint density at radius 3 is 2.30 bits per heavy atom. The van der Waals surface area contributed by atoms with Gasteiger partial charge in [-0.3, -0.25) is 0 Å². The molecule has 0 heterocycles. The molecule has 170 valence electrons. The smallest absolute Gasteiger partial charge is 0.416 e. The van der Waals surface area contributed by atoms with Crippen molar-refractivity contribution in [3.05, 3.63) is 93.4 Å². The van der Waals surface area contributed by atoms with Gasteiger partial charge in [-0.05, 0) is 60.7 Å². The van der Waals surface area contributed by atoms with Gasteiger partial charge in [-0.15, -0.1) is 0 Å². The number of rotatable bonds is 6. The van der Waals surface area contributed by atoms with Crippen LogP contribution >= 0.6 is 23.2 Å². The lowest BCUT2D eigenvalue weighted by Gasteiger charge is -2.10. The minimum atomic E-state index is -4.49. The maximum Gasteiger partial charge on any atom is 0.416 e. The Morgan fingerprint density at radius 2 is 1.70 bits per heavy atom. The van der Waals surface area contributed by atoms with E-state index in [4.69, 9.17) is 27.9 Å². The zero-order valence-corrected chi connectivity index (χ0v) is 18.7. The first-order chi connectivity index (χ1) is 15.5. The Balaban J connectivity index is 1.76. The molecular weight excluding hydrogens is 500 g/mol. The molecule has 5 nitrogen and oxygen atoms in total. The number of halogens is 5. The van der Waals surface area contributed by atoms with E-state index in [1.54, 1.807) is 6.07 Å². The van der Waals surface area contributed by atoms with E-state index in [0.717, 1.165) is 18.3 Å². The molecule has 0 aliphatic carbocycles. The summed E-state index contributed by atoms with van der Waals surface area (Å²) in [4.78, 5) is -0.857. The molecule has 0 saturated carbocycles. The van der Waals surface area contributed by atoms with Crippen LogP contribution in [0, 0.1) is 11.3 Å². The van der Waals surface area contributed by atoms with Gasteiger partial charge in [0.1, 0.15) is 17.6 Å². The molecule has 0 saturated heterocycles. The number of nitriles is 1. The van der Waals surface area contributed by atoms with Crippen molar-refractivity contribution in [2.75, 3.05) is 5.32 Å². The summed E-state index contributed by atoms with van der Waals surface area (Å²) in [5.41, 5.74) is -0.439. The summed E-state index contributed by atoms with van der Waals surface area (Å²) in [7, 11) is -4.20. The molecule has 0 atom stereocenters. The summed E-state index contributed by atoms with van der Waals surface area (Å²) in [6, 6.07) is 15.8. The molecule has 0 radical (unpaired) electrons. The van der Waals surface area contributed by atoms with Gasteiger partial charge < -0.3 is 10.1 Å². The average Bonchev–Trinajstić information content (AvgIpc) is 2.74. The zero-order chi connectivity index (χ0) is 24.2. The number of allylic oxidation sites excluding steroid dienone is 1. The van der Waals surface area contributed by atoms with E-state index in [9.17, 15) is 26.9 Å². The standard InChI is InChI=1S/C22H13Cl2F3N2O3S/c23-15-4-9-21(20(24)11-15)33(30,31)19(12-28)13-29-16-5-7-17(8-6-16)32-18-3-1-2-14(10-18)22(25,26)27/h1-11,13,29H/b19-13+. The molecule has 0 fully saturated rings. The highest BCUT2D eigenvalue weighted by Crippen LogP contribution is 2.33. The van der Waals surface area contributed by atoms with Crippen LogP contribution in [0.5, 0.6) is 11.5 Å². The van der Waals surface area contributed by atoms with Gasteiger partial charge in [0.15, 0.2) is 4.91 Å². The number of hydrogen-bond acceptors (Lipinski definition) is 5. The van der Waals surface area contributed by atoms with E-state index in [1.807, 2.05) is 0 Å². The maximum absolute atomic E-state index is 12.8. The fourth-order valence-corrected chi connectivity index (χ4v) is 4.47. The van der Waals surface area contributed by atoms with Crippen LogP contribution in [-0.4, -0.2) is 8.42 Å². The molecular formula is C22H13Cl2F3N2O3S. The van der Waals surface area contributed by atoms with Crippen molar-refractivity contribution in [2.45, 2.75) is 11.1 Å². The van der Waals surface area contributed by atoms with E-state index in [2.05, 4.69) is 5.32 Å². The lowest BCUT2D eigenvalue weighted by molar-refractivity contribution is -0.137. The van der Waals surface area contributed by atoms with E-state index in [-0.39, 0.29) is 26.4 Å². The Kier molecular flexibility index (Phi) is 7.22. The molecule has 0 spiro atoms. The summed E-state index contributed by atoms with van der Waals surface area (Å²) in [5, 5.41) is 12.1. The summed E-state index contributed by atoms with van der Waals surface area (Å²) >= 11 is 11.7. The van der Waals surface area contributed by atoms with Gasteiger partial charge in [0.2, 0.25) is 9.84 Å². The lowest BCUT2D eigenvalue weighted by atomic mass is 10.2. The first-order valence-electron chi connectivity index (χ1n) is 9.03. The predicted octanol–water partition coefficient (Wildman–Crippen LogP) is 7.06. The second kappa shape index (κ2) is 9.75. The topological polar surface area (TPSA) is 79.2 Å². The lowest BCUT2D eigenvalue weighted by Crippen LogP contribution is -2.06. The molecule has 1 N–H and O–H groups in total. The predicted molar refractivity (Wildman–Crippen MR) is 119 cm³/mol. The molecule has 3 aromatic carbocycles. The van der Waals surface area contributed by atoms with Crippen LogP contribution in [0.25, 0.3) is 0 Å². The Bertz CT molecular complexity index is 1350. The monoisotopic (exact) mass is 512 g/mol. The molecule has 0 amide bonds. The number of alkyl halides is 3. The van der Waals surface area contributed by atoms with Gasteiger partial charge in [0.05, 0.1) is 15.5 Å². The third kappa shape index (κ3) is 5.99. The number of benzene rings is 3.